The van der Waals surface area contributed by atoms with Crippen LogP contribution in [0.25, 0.3) is 0 Å². The van der Waals surface area contributed by atoms with Crippen molar-refractivity contribution in [1.82, 2.24) is 4.98 Å². The van der Waals surface area contributed by atoms with Crippen LogP contribution in [0.3, 0.4) is 0 Å². The number of fused-ring (bicyclic) bond motifs is 1. The Kier molecular flexibility index (Phi) is 3.82. The molecule has 0 aliphatic carbocycles. The van der Waals surface area contributed by atoms with Gasteiger partial charge in [-0.1, -0.05) is 6.07 Å². The van der Waals surface area contributed by atoms with Gasteiger partial charge in [-0.3, -0.25) is 10.4 Å². The maximum Gasteiger partial charge on any atom is 0.205 e. The van der Waals surface area contributed by atoms with Crippen LogP contribution in [0.5, 0.6) is 11.5 Å². The molecule has 2 atom stereocenters. The average molecular weight is 358 g/mol. The molecule has 22 heavy (non-hydrogen) atoms. The number of nitrogens with one attached hydrogen (secondary N) is 1. The van der Waals surface area contributed by atoms with Crippen molar-refractivity contribution in [1.29, 1.82) is 10.7 Å². The van der Waals surface area contributed by atoms with Gasteiger partial charge in [0.25, 0.3) is 0 Å². The third kappa shape index (κ3) is 2.44. The monoisotopic (exact) mass is 357 g/mol. The van der Waals surface area contributed by atoms with Gasteiger partial charge in [-0.05, 0) is 33.6 Å². The summed E-state index contributed by atoms with van der Waals surface area (Å²) < 4.78 is 11.5. The third-order valence-electron chi connectivity index (χ3n) is 3.62. The molecule has 0 bridgehead atoms. The van der Waals surface area contributed by atoms with E-state index < -0.39 is 5.92 Å². The van der Waals surface area contributed by atoms with Crippen LogP contribution >= 0.6 is 15.9 Å². The van der Waals surface area contributed by atoms with Crippen LogP contribution in [0.1, 0.15) is 17.0 Å². The van der Waals surface area contributed by atoms with E-state index in [1.54, 1.807) is 25.6 Å². The highest BCUT2D eigenvalue weighted by Crippen LogP contribution is 2.43. The van der Waals surface area contributed by atoms with Crippen LogP contribution in [0.2, 0.25) is 0 Å². The Labute approximate surface area is 136 Å². The zero-order valence-corrected chi connectivity index (χ0v) is 13.3. The van der Waals surface area contributed by atoms with Gasteiger partial charge >= 0.3 is 0 Å². The average Bonchev–Trinajstić information content (AvgIpc) is 2.52. The quantitative estimate of drug-likeness (QED) is 0.891. The minimum absolute atomic E-state index is 0.0618. The van der Waals surface area contributed by atoms with Crippen LogP contribution in [-0.4, -0.2) is 18.0 Å². The Bertz CT molecular complexity index is 785. The molecule has 2 heterocycles. The summed E-state index contributed by atoms with van der Waals surface area (Å²) in [6.07, 6.45) is 3.40. The van der Waals surface area contributed by atoms with E-state index in [4.69, 9.17) is 14.9 Å². The molecule has 5 nitrogen and oxygen atoms in total. The molecule has 0 fully saturated rings. The number of rotatable bonds is 2. The number of halogens is 1. The number of nitrogens with zero attached hydrogens (tertiary/aromatic N) is 2. The summed E-state index contributed by atoms with van der Waals surface area (Å²) in [6, 6.07) is 9.51. The summed E-state index contributed by atoms with van der Waals surface area (Å²) in [4.78, 5) is 4.17. The van der Waals surface area contributed by atoms with Gasteiger partial charge in [0, 0.05) is 34.4 Å². The Hall–Kier alpha value is -2.39. The third-order valence-corrected chi connectivity index (χ3v) is 4.05. The summed E-state index contributed by atoms with van der Waals surface area (Å²) in [6.45, 7) is 0. The zero-order valence-electron chi connectivity index (χ0n) is 11.7. The fourth-order valence-electron chi connectivity index (χ4n) is 2.60. The van der Waals surface area contributed by atoms with Gasteiger partial charge in [-0.15, -0.1) is 0 Å². The van der Waals surface area contributed by atoms with Gasteiger partial charge in [-0.2, -0.15) is 5.26 Å². The molecule has 0 radical (unpaired) electrons. The number of aromatic nitrogens is 1. The van der Waals surface area contributed by atoms with Crippen LogP contribution in [-0.2, 0) is 0 Å². The van der Waals surface area contributed by atoms with E-state index in [2.05, 4.69) is 27.0 Å². The Morgan fingerprint density at radius 1 is 1.36 bits per heavy atom. The lowest BCUT2D eigenvalue weighted by atomic mass is 9.80. The Balaban J connectivity index is 2.18. The normalized spacial score (nSPS) is 19.8. The zero-order chi connectivity index (χ0) is 15.7. The van der Waals surface area contributed by atoms with Gasteiger partial charge in [-0.25, -0.2) is 0 Å². The predicted octanol–water partition coefficient (Wildman–Crippen LogP) is 3.49. The van der Waals surface area contributed by atoms with Crippen LogP contribution in [0.4, 0.5) is 0 Å². The van der Waals surface area contributed by atoms with E-state index >= 15 is 0 Å². The highest BCUT2D eigenvalue weighted by molar-refractivity contribution is 9.10. The fourth-order valence-corrected chi connectivity index (χ4v) is 2.99. The highest BCUT2D eigenvalue weighted by atomic mass is 79.9. The van der Waals surface area contributed by atoms with E-state index in [1.165, 1.54) is 0 Å². The minimum atomic E-state index is -0.683. The molecule has 3 rings (SSSR count). The first-order valence-corrected chi connectivity index (χ1v) is 7.37. The van der Waals surface area contributed by atoms with Gasteiger partial charge in [0.15, 0.2) is 0 Å². The van der Waals surface area contributed by atoms with Gasteiger partial charge in [0.05, 0.1) is 13.2 Å². The largest absolute Gasteiger partial charge is 0.497 e. The van der Waals surface area contributed by atoms with E-state index in [0.717, 1.165) is 15.6 Å². The summed E-state index contributed by atoms with van der Waals surface area (Å²) in [5.41, 5.74) is 1.71. The molecule has 0 saturated heterocycles. The van der Waals surface area contributed by atoms with E-state index in [9.17, 15) is 5.26 Å². The van der Waals surface area contributed by atoms with E-state index in [1.807, 2.05) is 18.2 Å². The standard InChI is InChI=1S/C16H12BrN3O2/c1-21-11-2-3-12-14(5-11)22-16(19)13(6-18)15(12)9-4-10(17)8-20-7-9/h2-5,7-8,13,15,19H,1H3. The van der Waals surface area contributed by atoms with Crippen molar-refractivity contribution in [3.8, 4) is 17.6 Å². The number of hydrogen-bond acceptors (Lipinski definition) is 5. The smallest absolute Gasteiger partial charge is 0.205 e. The lowest BCUT2D eigenvalue weighted by molar-refractivity contribution is 0.404. The molecular formula is C16H12BrN3O2. The van der Waals surface area contributed by atoms with Crippen molar-refractivity contribution >= 4 is 21.8 Å². The van der Waals surface area contributed by atoms with Crippen LogP contribution in [0.15, 0.2) is 41.1 Å². The molecule has 0 spiro atoms. The van der Waals surface area contributed by atoms with E-state index in [-0.39, 0.29) is 11.8 Å². The maximum absolute atomic E-state index is 9.46. The molecule has 0 amide bonds. The highest BCUT2D eigenvalue weighted by Gasteiger charge is 2.37. The molecule has 1 aromatic carbocycles. The molecule has 6 heteroatoms. The van der Waals surface area contributed by atoms with Gasteiger partial charge < -0.3 is 9.47 Å². The summed E-state index contributed by atoms with van der Waals surface area (Å²) in [5, 5.41) is 17.5. The van der Waals surface area contributed by atoms with Crippen molar-refractivity contribution in [3.63, 3.8) is 0 Å². The number of nitriles is 1. The second-order valence-corrected chi connectivity index (χ2v) is 5.81. The van der Waals surface area contributed by atoms with Crippen molar-refractivity contribution in [2.75, 3.05) is 7.11 Å². The maximum atomic E-state index is 9.46. The predicted molar refractivity (Wildman–Crippen MR) is 84.2 cm³/mol. The number of pyridine rings is 1. The van der Waals surface area contributed by atoms with Gasteiger partial charge in [0.1, 0.15) is 17.4 Å². The molecule has 110 valence electrons. The van der Waals surface area contributed by atoms with Crippen molar-refractivity contribution in [3.05, 3.63) is 52.3 Å². The number of hydrogen-bond donors (Lipinski definition) is 1. The van der Waals surface area contributed by atoms with Crippen molar-refractivity contribution in [2.24, 2.45) is 5.92 Å². The van der Waals surface area contributed by atoms with Crippen molar-refractivity contribution < 1.29 is 9.47 Å². The first-order chi connectivity index (χ1) is 10.6. The molecule has 2 aromatic rings. The Morgan fingerprint density at radius 3 is 2.86 bits per heavy atom. The lowest BCUT2D eigenvalue weighted by Crippen LogP contribution is -2.31. The molecule has 1 aliphatic heterocycles. The van der Waals surface area contributed by atoms with Gasteiger partial charge in [0.2, 0.25) is 5.90 Å². The second kappa shape index (κ2) is 5.78. The SMILES string of the molecule is COc1ccc2c(c1)OC(=N)C(C#N)C2c1cncc(Br)c1. The summed E-state index contributed by atoms with van der Waals surface area (Å²) >= 11 is 3.40. The molecule has 1 N–H and O–H groups in total. The minimum Gasteiger partial charge on any atom is -0.497 e. The molecule has 0 saturated carbocycles. The molecule has 1 aromatic heterocycles. The van der Waals surface area contributed by atoms with Crippen molar-refractivity contribution in [2.45, 2.75) is 5.92 Å². The number of ether oxygens (including phenoxy) is 2. The topological polar surface area (TPSA) is 79.0 Å². The first kappa shape index (κ1) is 14.5. The number of benzene rings is 1. The molecular weight excluding hydrogens is 346 g/mol. The number of methoxy groups -OCH3 is 1. The lowest BCUT2D eigenvalue weighted by Gasteiger charge is -2.30. The first-order valence-electron chi connectivity index (χ1n) is 6.58. The second-order valence-electron chi connectivity index (χ2n) is 4.89. The summed E-state index contributed by atoms with van der Waals surface area (Å²) in [5.74, 6) is 0.149. The molecule has 1 aliphatic rings. The Morgan fingerprint density at radius 2 is 2.18 bits per heavy atom. The molecule has 2 unspecified atom stereocenters. The fraction of sp³-hybridized carbons (Fsp3) is 0.188. The van der Waals surface area contributed by atoms with Crippen LogP contribution < -0.4 is 9.47 Å². The van der Waals surface area contributed by atoms with E-state index in [0.29, 0.717) is 11.5 Å². The van der Waals surface area contributed by atoms with Crippen LogP contribution in [0, 0.1) is 22.7 Å². The summed E-state index contributed by atoms with van der Waals surface area (Å²) in [7, 11) is 1.57.